The second kappa shape index (κ2) is 10.5. The van der Waals surface area contributed by atoms with Crippen LogP contribution in [0.4, 0.5) is 11.4 Å². The number of hydrogen-bond acceptors (Lipinski definition) is 3. The zero-order valence-corrected chi connectivity index (χ0v) is 20.6. The van der Waals surface area contributed by atoms with Crippen molar-refractivity contribution in [3.63, 3.8) is 0 Å². The van der Waals surface area contributed by atoms with Crippen molar-refractivity contribution < 1.29 is 14.3 Å². The smallest absolute Gasteiger partial charge is 0.226 e. The Morgan fingerprint density at radius 1 is 0.971 bits per heavy atom. The van der Waals surface area contributed by atoms with E-state index in [-0.39, 0.29) is 17.7 Å². The first-order valence-electron chi connectivity index (χ1n) is 11.8. The van der Waals surface area contributed by atoms with E-state index in [4.69, 9.17) is 4.74 Å². The summed E-state index contributed by atoms with van der Waals surface area (Å²) in [5.74, 6) is 0.543. The largest absolute Gasteiger partial charge is 0.497 e. The van der Waals surface area contributed by atoms with Gasteiger partial charge in [-0.1, -0.05) is 38.1 Å². The summed E-state index contributed by atoms with van der Waals surface area (Å²) < 4.78 is 5.29. The van der Waals surface area contributed by atoms with Crippen LogP contribution in [-0.4, -0.2) is 23.9 Å². The second-order valence-electron chi connectivity index (χ2n) is 8.97. The van der Waals surface area contributed by atoms with Crippen LogP contribution in [-0.2, 0) is 16.0 Å². The number of hydrogen-bond donors (Lipinski definition) is 3. The van der Waals surface area contributed by atoms with Gasteiger partial charge in [0.2, 0.25) is 11.8 Å². The number of carbonyl (C=O) groups excluding carboxylic acids is 2. The third-order valence-electron chi connectivity index (χ3n) is 6.10. The molecule has 4 aromatic rings. The van der Waals surface area contributed by atoms with E-state index in [1.807, 2.05) is 81.4 Å². The van der Waals surface area contributed by atoms with Crippen molar-refractivity contribution in [1.82, 2.24) is 4.98 Å². The van der Waals surface area contributed by atoms with E-state index in [2.05, 4.69) is 21.7 Å². The van der Waals surface area contributed by atoms with Crippen molar-refractivity contribution in [3.8, 4) is 17.0 Å². The molecule has 1 aromatic heterocycles. The predicted molar refractivity (Wildman–Crippen MR) is 142 cm³/mol. The molecule has 3 aromatic carbocycles. The summed E-state index contributed by atoms with van der Waals surface area (Å²) in [6.07, 6.45) is 0.910. The minimum atomic E-state index is -0.120. The summed E-state index contributed by atoms with van der Waals surface area (Å²) in [4.78, 5) is 28.5. The lowest BCUT2D eigenvalue weighted by Crippen LogP contribution is -2.18. The Morgan fingerprint density at radius 2 is 1.71 bits per heavy atom. The number of nitrogens with one attached hydrogen (secondary N) is 3. The van der Waals surface area contributed by atoms with Gasteiger partial charge in [0.05, 0.1) is 7.11 Å². The maximum absolute atomic E-state index is 12.9. The Bertz CT molecular complexity index is 1350. The monoisotopic (exact) mass is 469 g/mol. The Labute approximate surface area is 205 Å². The van der Waals surface area contributed by atoms with Gasteiger partial charge in [-0.25, -0.2) is 0 Å². The molecular weight excluding hydrogens is 438 g/mol. The molecule has 0 bridgehead atoms. The average molecular weight is 470 g/mol. The molecular formula is C29H31N3O3. The SMILES string of the molecule is COc1ccc(-c2[nH]c3ccccc3c2CCC(=O)Nc2cc(NC(=O)C(C)C)ccc2C)cc1. The molecule has 0 fully saturated rings. The quantitative estimate of drug-likeness (QED) is 0.282. The van der Waals surface area contributed by atoms with Crippen molar-refractivity contribution in [2.45, 2.75) is 33.6 Å². The van der Waals surface area contributed by atoms with Crippen LogP contribution < -0.4 is 15.4 Å². The van der Waals surface area contributed by atoms with Gasteiger partial charge in [0.15, 0.2) is 0 Å². The number of ether oxygens (including phenoxy) is 1. The minimum absolute atomic E-state index is 0.0588. The molecule has 1 heterocycles. The van der Waals surface area contributed by atoms with Crippen LogP contribution in [0.25, 0.3) is 22.2 Å². The summed E-state index contributed by atoms with van der Waals surface area (Å²) >= 11 is 0. The minimum Gasteiger partial charge on any atom is -0.497 e. The highest BCUT2D eigenvalue weighted by molar-refractivity contribution is 5.96. The van der Waals surface area contributed by atoms with Gasteiger partial charge >= 0.3 is 0 Å². The van der Waals surface area contributed by atoms with E-state index >= 15 is 0 Å². The van der Waals surface area contributed by atoms with Crippen LogP contribution >= 0.6 is 0 Å². The van der Waals surface area contributed by atoms with Crippen molar-refractivity contribution in [2.24, 2.45) is 5.92 Å². The van der Waals surface area contributed by atoms with Gasteiger partial charge in [-0.3, -0.25) is 9.59 Å². The Morgan fingerprint density at radius 3 is 2.43 bits per heavy atom. The Balaban J connectivity index is 1.53. The number of aryl methyl sites for hydroxylation is 2. The maximum Gasteiger partial charge on any atom is 0.226 e. The lowest BCUT2D eigenvalue weighted by Gasteiger charge is -2.13. The van der Waals surface area contributed by atoms with E-state index < -0.39 is 0 Å². The second-order valence-corrected chi connectivity index (χ2v) is 8.97. The average Bonchev–Trinajstić information content (AvgIpc) is 3.23. The summed E-state index contributed by atoms with van der Waals surface area (Å²) in [5, 5.41) is 7.02. The van der Waals surface area contributed by atoms with E-state index in [0.29, 0.717) is 24.2 Å². The van der Waals surface area contributed by atoms with Gasteiger partial charge in [0.25, 0.3) is 0 Å². The van der Waals surface area contributed by atoms with Crippen LogP contribution in [0.2, 0.25) is 0 Å². The van der Waals surface area contributed by atoms with Crippen LogP contribution in [0.15, 0.2) is 66.7 Å². The molecule has 3 N–H and O–H groups in total. The number of H-pyrrole nitrogens is 1. The van der Waals surface area contributed by atoms with Gasteiger partial charge in [0.1, 0.15) is 5.75 Å². The molecule has 0 aliphatic heterocycles. The summed E-state index contributed by atoms with van der Waals surface area (Å²) in [7, 11) is 1.65. The molecule has 0 radical (unpaired) electrons. The van der Waals surface area contributed by atoms with Crippen LogP contribution in [0.3, 0.4) is 0 Å². The van der Waals surface area contributed by atoms with Crippen LogP contribution in [0.5, 0.6) is 5.75 Å². The van der Waals surface area contributed by atoms with Crippen molar-refractivity contribution in [3.05, 3.63) is 77.9 Å². The lowest BCUT2D eigenvalue weighted by molar-refractivity contribution is -0.119. The molecule has 0 unspecified atom stereocenters. The first-order chi connectivity index (χ1) is 16.9. The van der Waals surface area contributed by atoms with Gasteiger partial charge < -0.3 is 20.4 Å². The number of amides is 2. The number of benzene rings is 3. The molecule has 4 rings (SSSR count). The van der Waals surface area contributed by atoms with E-state index in [1.165, 1.54) is 0 Å². The highest BCUT2D eigenvalue weighted by atomic mass is 16.5. The lowest BCUT2D eigenvalue weighted by atomic mass is 10.0. The normalized spacial score (nSPS) is 11.0. The van der Waals surface area contributed by atoms with E-state index in [1.54, 1.807) is 7.11 Å². The van der Waals surface area contributed by atoms with Gasteiger partial charge in [-0.05, 0) is 72.5 Å². The molecule has 6 nitrogen and oxygen atoms in total. The van der Waals surface area contributed by atoms with E-state index in [0.717, 1.165) is 39.0 Å². The maximum atomic E-state index is 12.9. The fourth-order valence-electron chi connectivity index (χ4n) is 4.04. The molecule has 35 heavy (non-hydrogen) atoms. The predicted octanol–water partition coefficient (Wildman–Crippen LogP) is 6.32. The molecule has 180 valence electrons. The molecule has 0 atom stereocenters. The highest BCUT2D eigenvalue weighted by Crippen LogP contribution is 2.32. The number of anilines is 2. The molecule has 0 aliphatic rings. The molecule has 6 heteroatoms. The number of methoxy groups -OCH3 is 1. The van der Waals surface area contributed by atoms with Gasteiger partial charge in [-0.2, -0.15) is 0 Å². The highest BCUT2D eigenvalue weighted by Gasteiger charge is 2.16. The fraction of sp³-hybridized carbons (Fsp3) is 0.241. The van der Waals surface area contributed by atoms with Gasteiger partial charge in [0, 0.05) is 40.3 Å². The van der Waals surface area contributed by atoms with Crippen molar-refractivity contribution in [1.29, 1.82) is 0 Å². The standard InChI is InChI=1S/C29H31N3O3/c1-18(2)29(34)30-21-12-9-19(3)26(17-21)31-27(33)16-15-24-23-7-5-6-8-25(23)32-28(24)20-10-13-22(35-4)14-11-20/h5-14,17-18,32H,15-16H2,1-4H3,(H,30,34)(H,31,33). The Hall–Kier alpha value is -4.06. The van der Waals surface area contributed by atoms with Crippen LogP contribution in [0.1, 0.15) is 31.4 Å². The molecule has 2 amide bonds. The summed E-state index contributed by atoms with van der Waals surface area (Å²) in [6, 6.07) is 21.6. The molecule has 0 aliphatic carbocycles. The van der Waals surface area contributed by atoms with Crippen LogP contribution in [0, 0.1) is 12.8 Å². The Kier molecular flexibility index (Phi) is 7.20. The first-order valence-corrected chi connectivity index (χ1v) is 11.8. The number of aromatic nitrogens is 1. The number of para-hydroxylation sites is 1. The molecule has 0 saturated heterocycles. The number of rotatable bonds is 8. The van der Waals surface area contributed by atoms with E-state index in [9.17, 15) is 9.59 Å². The topological polar surface area (TPSA) is 83.2 Å². The first kappa shape index (κ1) is 24.1. The van der Waals surface area contributed by atoms with Crippen molar-refractivity contribution in [2.75, 3.05) is 17.7 Å². The zero-order valence-electron chi connectivity index (χ0n) is 20.6. The fourth-order valence-corrected chi connectivity index (χ4v) is 4.04. The molecule has 0 spiro atoms. The van der Waals surface area contributed by atoms with Gasteiger partial charge in [-0.15, -0.1) is 0 Å². The number of fused-ring (bicyclic) bond motifs is 1. The zero-order chi connectivity index (χ0) is 24.9. The molecule has 0 saturated carbocycles. The summed E-state index contributed by atoms with van der Waals surface area (Å²) in [5.41, 5.74) is 6.51. The number of aromatic amines is 1. The third kappa shape index (κ3) is 5.54. The third-order valence-corrected chi connectivity index (χ3v) is 6.10. The number of carbonyl (C=O) groups is 2. The summed E-state index contributed by atoms with van der Waals surface area (Å²) in [6.45, 7) is 5.62. The van der Waals surface area contributed by atoms with Crippen molar-refractivity contribution >= 4 is 34.1 Å².